The average Bonchev–Trinajstić information content (AvgIpc) is 2.81. The molecule has 1 aromatic rings. The Morgan fingerprint density at radius 2 is 2.07 bits per heavy atom. The van der Waals surface area contributed by atoms with Crippen LogP contribution >= 0.6 is 15.9 Å². The van der Waals surface area contributed by atoms with E-state index in [1.807, 2.05) is 6.92 Å². The van der Waals surface area contributed by atoms with Gasteiger partial charge in [0.2, 0.25) is 0 Å². The maximum Gasteiger partial charge on any atom is 0.333 e. The molecule has 1 fully saturated rings. The lowest BCUT2D eigenvalue weighted by molar-refractivity contribution is -0.136. The monoisotopic (exact) mass is 448 g/mol. The molecule has 0 N–H and O–H groups in total. The van der Waals surface area contributed by atoms with Crippen molar-refractivity contribution in [3.63, 3.8) is 0 Å². The van der Waals surface area contributed by atoms with Crippen molar-refractivity contribution in [3.8, 4) is 0 Å². The number of Topliss-reactive ketones (excluding diaryl/α,β-unsaturated/α-hetero) is 1. The molecule has 0 bridgehead atoms. The van der Waals surface area contributed by atoms with E-state index in [0.29, 0.717) is 24.3 Å². The first-order valence-corrected chi connectivity index (χ1v) is 10.5. The highest BCUT2D eigenvalue weighted by atomic mass is 79.9. The molecule has 3 nitrogen and oxygen atoms in total. The van der Waals surface area contributed by atoms with Crippen molar-refractivity contribution in [2.75, 3.05) is 7.11 Å². The molecule has 3 rings (SSSR count). The van der Waals surface area contributed by atoms with Crippen LogP contribution in [-0.2, 0) is 20.7 Å². The SMILES string of the molecule is C=C(C(=O)OC)[C@@H]1CC[C@H](C)[C@H]2C(=C(C)C(=O)C2Cc2cc(F)ccc2Br)C1. The van der Waals surface area contributed by atoms with Crippen molar-refractivity contribution in [2.45, 2.75) is 39.5 Å². The zero-order valence-corrected chi connectivity index (χ0v) is 18.1. The van der Waals surface area contributed by atoms with Gasteiger partial charge in [-0.25, -0.2) is 9.18 Å². The molecular weight excluding hydrogens is 423 g/mol. The highest BCUT2D eigenvalue weighted by Crippen LogP contribution is 2.49. The number of halogens is 2. The van der Waals surface area contributed by atoms with Crippen molar-refractivity contribution >= 4 is 27.7 Å². The molecule has 2 aliphatic carbocycles. The Bertz CT molecular complexity index is 857. The number of carbonyl (C=O) groups excluding carboxylic acids is 2. The standard InChI is InChI=1S/C23H26BrFO3/c1-12-5-6-15(13(2)23(27)28-4)10-18-14(3)22(26)19(21(12)18)11-16-9-17(25)7-8-20(16)24/h7-9,12,15,19,21H,2,5-6,10-11H2,1,3-4H3/t12-,15+,19?,21-/m0/s1. The van der Waals surface area contributed by atoms with Crippen LogP contribution in [0.2, 0.25) is 0 Å². The second-order valence-corrected chi connectivity index (χ2v) is 8.91. The Morgan fingerprint density at radius 1 is 1.36 bits per heavy atom. The number of fused-ring (bicyclic) bond motifs is 1. The summed E-state index contributed by atoms with van der Waals surface area (Å²) >= 11 is 3.49. The van der Waals surface area contributed by atoms with Gasteiger partial charge < -0.3 is 4.74 Å². The number of carbonyl (C=O) groups is 2. The lowest BCUT2D eigenvalue weighted by Gasteiger charge is -2.26. The molecule has 0 spiro atoms. The molecule has 0 saturated heterocycles. The van der Waals surface area contributed by atoms with E-state index in [0.717, 1.165) is 34.0 Å². The predicted molar refractivity (Wildman–Crippen MR) is 110 cm³/mol. The third kappa shape index (κ3) is 3.86. The van der Waals surface area contributed by atoms with Gasteiger partial charge in [0.15, 0.2) is 5.78 Å². The molecule has 0 aliphatic heterocycles. The van der Waals surface area contributed by atoms with Crippen LogP contribution in [-0.4, -0.2) is 18.9 Å². The van der Waals surface area contributed by atoms with Crippen LogP contribution in [0.15, 0.2) is 46.0 Å². The third-order valence-electron chi connectivity index (χ3n) is 6.46. The van der Waals surface area contributed by atoms with Crippen molar-refractivity contribution in [1.29, 1.82) is 0 Å². The molecule has 1 unspecified atom stereocenters. The Morgan fingerprint density at radius 3 is 2.75 bits per heavy atom. The summed E-state index contributed by atoms with van der Waals surface area (Å²) in [5.41, 5.74) is 3.25. The summed E-state index contributed by atoms with van der Waals surface area (Å²) in [6.07, 6.45) is 2.94. The third-order valence-corrected chi connectivity index (χ3v) is 7.24. The first kappa shape index (κ1) is 21.0. The summed E-state index contributed by atoms with van der Waals surface area (Å²) in [6.45, 7) is 8.02. The highest BCUT2D eigenvalue weighted by Gasteiger charge is 2.45. The minimum atomic E-state index is -0.376. The van der Waals surface area contributed by atoms with Crippen LogP contribution in [0.25, 0.3) is 0 Å². The molecule has 1 saturated carbocycles. The summed E-state index contributed by atoms with van der Waals surface area (Å²) in [5, 5.41) is 0. The molecule has 2 aliphatic rings. The van der Waals surface area contributed by atoms with E-state index in [2.05, 4.69) is 29.4 Å². The van der Waals surface area contributed by atoms with Gasteiger partial charge in [-0.15, -0.1) is 0 Å². The summed E-state index contributed by atoms with van der Waals surface area (Å²) in [6, 6.07) is 4.61. The number of esters is 1. The fourth-order valence-electron chi connectivity index (χ4n) is 4.88. The number of allylic oxidation sites excluding steroid dienone is 2. The van der Waals surface area contributed by atoms with Gasteiger partial charge in [0.25, 0.3) is 0 Å². The van der Waals surface area contributed by atoms with Crippen LogP contribution in [0.3, 0.4) is 0 Å². The van der Waals surface area contributed by atoms with Gasteiger partial charge >= 0.3 is 5.97 Å². The first-order valence-electron chi connectivity index (χ1n) is 9.69. The lowest BCUT2D eigenvalue weighted by atomic mass is 9.77. The fourth-order valence-corrected chi connectivity index (χ4v) is 5.29. The van der Waals surface area contributed by atoms with Crippen molar-refractivity contribution in [2.24, 2.45) is 23.7 Å². The molecular formula is C23H26BrFO3. The van der Waals surface area contributed by atoms with Gasteiger partial charge in [0.1, 0.15) is 5.82 Å². The number of rotatable bonds is 4. The summed E-state index contributed by atoms with van der Waals surface area (Å²) in [7, 11) is 1.37. The zero-order valence-electron chi connectivity index (χ0n) is 16.6. The number of benzene rings is 1. The first-order chi connectivity index (χ1) is 13.2. The van der Waals surface area contributed by atoms with Gasteiger partial charge in [0, 0.05) is 16.0 Å². The minimum Gasteiger partial charge on any atom is -0.466 e. The van der Waals surface area contributed by atoms with Gasteiger partial charge in [-0.1, -0.05) is 35.0 Å². The summed E-state index contributed by atoms with van der Waals surface area (Å²) in [4.78, 5) is 25.1. The fraction of sp³-hybridized carbons (Fsp3) is 0.478. The zero-order chi connectivity index (χ0) is 20.6. The molecule has 0 heterocycles. The van der Waals surface area contributed by atoms with Crippen molar-refractivity contribution in [3.05, 3.63) is 57.4 Å². The average molecular weight is 449 g/mol. The summed E-state index contributed by atoms with van der Waals surface area (Å²) in [5.74, 6) is -0.281. The minimum absolute atomic E-state index is 0.00249. The maximum absolute atomic E-state index is 13.7. The topological polar surface area (TPSA) is 43.4 Å². The highest BCUT2D eigenvalue weighted by molar-refractivity contribution is 9.10. The molecule has 28 heavy (non-hydrogen) atoms. The number of ether oxygens (including phenoxy) is 1. The van der Waals surface area contributed by atoms with Gasteiger partial charge in [-0.2, -0.15) is 0 Å². The van der Waals surface area contributed by atoms with Crippen LogP contribution in [0.1, 0.15) is 38.7 Å². The van der Waals surface area contributed by atoms with E-state index in [9.17, 15) is 14.0 Å². The van der Waals surface area contributed by atoms with Crippen LogP contribution in [0.5, 0.6) is 0 Å². The van der Waals surface area contributed by atoms with Gasteiger partial charge in [0.05, 0.1) is 7.11 Å². The smallest absolute Gasteiger partial charge is 0.333 e. The summed E-state index contributed by atoms with van der Waals surface area (Å²) < 4.78 is 19.4. The van der Waals surface area contributed by atoms with Gasteiger partial charge in [-0.3, -0.25) is 4.79 Å². The predicted octanol–water partition coefficient (Wildman–Crippen LogP) is 5.43. The second-order valence-electron chi connectivity index (χ2n) is 8.06. The molecule has 0 amide bonds. The molecule has 5 heteroatoms. The van der Waals surface area contributed by atoms with E-state index in [4.69, 9.17) is 4.74 Å². The lowest BCUT2D eigenvalue weighted by Crippen LogP contribution is -2.25. The van der Waals surface area contributed by atoms with E-state index in [1.54, 1.807) is 6.07 Å². The number of ketones is 1. The quantitative estimate of drug-likeness (QED) is 0.455. The Hall–Kier alpha value is -1.75. The molecule has 4 atom stereocenters. The van der Waals surface area contributed by atoms with E-state index < -0.39 is 0 Å². The van der Waals surface area contributed by atoms with E-state index >= 15 is 0 Å². The van der Waals surface area contributed by atoms with Crippen molar-refractivity contribution in [1.82, 2.24) is 0 Å². The molecule has 0 aromatic heterocycles. The van der Waals surface area contributed by atoms with Crippen LogP contribution in [0, 0.1) is 29.5 Å². The second kappa shape index (κ2) is 8.32. The Labute approximate surface area is 174 Å². The van der Waals surface area contributed by atoms with Crippen LogP contribution in [0.4, 0.5) is 4.39 Å². The van der Waals surface area contributed by atoms with Crippen LogP contribution < -0.4 is 0 Å². The molecule has 150 valence electrons. The van der Waals surface area contributed by atoms with E-state index in [1.165, 1.54) is 19.2 Å². The Balaban J connectivity index is 1.91. The normalized spacial score (nSPS) is 27.4. The number of hydrogen-bond acceptors (Lipinski definition) is 3. The largest absolute Gasteiger partial charge is 0.466 e. The molecule has 0 radical (unpaired) electrons. The number of methoxy groups -OCH3 is 1. The van der Waals surface area contributed by atoms with Gasteiger partial charge in [-0.05, 0) is 79.7 Å². The van der Waals surface area contributed by atoms with E-state index in [-0.39, 0.29) is 35.3 Å². The Kier molecular flexibility index (Phi) is 6.23. The number of hydrogen-bond donors (Lipinski definition) is 0. The van der Waals surface area contributed by atoms with Crippen molar-refractivity contribution < 1.29 is 18.7 Å². The molecule has 1 aromatic carbocycles. The maximum atomic E-state index is 13.7.